The molecular weight excluding hydrogens is 216 g/mol. The molecule has 1 heterocycles. The van der Waals surface area contributed by atoms with Crippen LogP contribution in [0, 0.1) is 13.8 Å². The van der Waals surface area contributed by atoms with Crippen LogP contribution >= 0.6 is 0 Å². The number of amides is 1. The fourth-order valence-corrected chi connectivity index (χ4v) is 1.92. The molecule has 1 atom stereocenters. The van der Waals surface area contributed by atoms with Gasteiger partial charge in [0.25, 0.3) is 0 Å². The van der Waals surface area contributed by atoms with E-state index >= 15 is 0 Å². The second kappa shape index (κ2) is 4.16. The van der Waals surface area contributed by atoms with Crippen LogP contribution in [0.25, 0.3) is 11.0 Å². The van der Waals surface area contributed by atoms with Crippen molar-refractivity contribution >= 4 is 16.9 Å². The number of rotatable bonds is 3. The molecule has 2 aromatic rings. The number of nitrogens with zero attached hydrogens (tertiary/aromatic N) is 3. The van der Waals surface area contributed by atoms with Gasteiger partial charge in [-0.15, -0.1) is 5.10 Å². The summed E-state index contributed by atoms with van der Waals surface area (Å²) in [5, 5.41) is 8.11. The number of benzene rings is 1. The number of nitrogens with two attached hydrogens (primary N) is 1. The van der Waals surface area contributed by atoms with Crippen molar-refractivity contribution in [2.24, 2.45) is 5.73 Å². The average molecular weight is 232 g/mol. The predicted octanol–water partition coefficient (Wildman–Crippen LogP) is 1.48. The first-order chi connectivity index (χ1) is 8.04. The maximum Gasteiger partial charge on any atom is 0.242 e. The maximum atomic E-state index is 11.4. The third-order valence-corrected chi connectivity index (χ3v) is 3.10. The van der Waals surface area contributed by atoms with Gasteiger partial charge in [-0.25, -0.2) is 4.68 Å². The number of carbonyl (C=O) groups excluding carboxylic acids is 1. The van der Waals surface area contributed by atoms with Crippen molar-refractivity contribution in [1.82, 2.24) is 15.0 Å². The minimum atomic E-state index is -0.429. The molecule has 0 aliphatic heterocycles. The normalized spacial score (nSPS) is 12.9. The van der Waals surface area contributed by atoms with E-state index in [0.29, 0.717) is 6.42 Å². The van der Waals surface area contributed by atoms with Gasteiger partial charge in [-0.05, 0) is 43.5 Å². The smallest absolute Gasteiger partial charge is 0.242 e. The first kappa shape index (κ1) is 11.6. The highest BCUT2D eigenvalue weighted by Gasteiger charge is 2.19. The van der Waals surface area contributed by atoms with Gasteiger partial charge in [-0.2, -0.15) is 0 Å². The lowest BCUT2D eigenvalue weighted by Crippen LogP contribution is -2.26. The van der Waals surface area contributed by atoms with Crippen molar-refractivity contribution in [3.8, 4) is 0 Å². The summed E-state index contributed by atoms with van der Waals surface area (Å²) in [5.74, 6) is -0.377. The van der Waals surface area contributed by atoms with Gasteiger partial charge in [0.15, 0.2) is 0 Å². The summed E-state index contributed by atoms with van der Waals surface area (Å²) in [6.07, 6.45) is 0.612. The molecule has 1 amide bonds. The van der Waals surface area contributed by atoms with Crippen LogP contribution in [-0.4, -0.2) is 20.9 Å². The van der Waals surface area contributed by atoms with E-state index in [-0.39, 0.29) is 5.91 Å². The fraction of sp³-hybridized carbons (Fsp3) is 0.417. The molecule has 2 N–H and O–H groups in total. The molecule has 1 aromatic heterocycles. The number of fused-ring (bicyclic) bond motifs is 1. The van der Waals surface area contributed by atoms with Gasteiger partial charge in [0, 0.05) is 0 Å². The monoisotopic (exact) mass is 232 g/mol. The first-order valence-corrected chi connectivity index (χ1v) is 5.66. The Balaban J connectivity index is 2.63. The standard InChI is InChI=1S/C12H16N4O/c1-4-10(12(13)17)16-11-6-8(3)7(2)5-9(11)14-15-16/h5-6,10H,4H2,1-3H3,(H2,13,17). The molecule has 0 radical (unpaired) electrons. The van der Waals surface area contributed by atoms with Crippen LogP contribution in [0.2, 0.25) is 0 Å². The fourth-order valence-electron chi connectivity index (χ4n) is 1.92. The van der Waals surface area contributed by atoms with Crippen molar-refractivity contribution < 1.29 is 4.79 Å². The lowest BCUT2D eigenvalue weighted by atomic mass is 10.1. The molecule has 1 unspecified atom stereocenters. The summed E-state index contributed by atoms with van der Waals surface area (Å²) >= 11 is 0. The Morgan fingerprint density at radius 1 is 1.41 bits per heavy atom. The van der Waals surface area contributed by atoms with Crippen LogP contribution in [0.4, 0.5) is 0 Å². The van der Waals surface area contributed by atoms with E-state index in [9.17, 15) is 4.79 Å². The largest absolute Gasteiger partial charge is 0.368 e. The molecule has 0 saturated heterocycles. The zero-order valence-corrected chi connectivity index (χ0v) is 10.3. The molecule has 0 aliphatic rings. The Morgan fingerprint density at radius 3 is 2.65 bits per heavy atom. The second-order valence-corrected chi connectivity index (χ2v) is 4.29. The van der Waals surface area contributed by atoms with Gasteiger partial charge in [0.05, 0.1) is 5.52 Å². The van der Waals surface area contributed by atoms with Gasteiger partial charge in [0.1, 0.15) is 11.6 Å². The number of aromatic nitrogens is 3. The predicted molar refractivity (Wildman–Crippen MR) is 65.5 cm³/mol. The van der Waals surface area contributed by atoms with Gasteiger partial charge < -0.3 is 5.73 Å². The van der Waals surface area contributed by atoms with Crippen molar-refractivity contribution in [3.05, 3.63) is 23.3 Å². The van der Waals surface area contributed by atoms with Crippen LogP contribution in [0.3, 0.4) is 0 Å². The van der Waals surface area contributed by atoms with E-state index in [1.807, 2.05) is 32.9 Å². The van der Waals surface area contributed by atoms with Crippen LogP contribution < -0.4 is 5.73 Å². The average Bonchev–Trinajstić information content (AvgIpc) is 2.63. The lowest BCUT2D eigenvalue weighted by Gasteiger charge is -2.11. The summed E-state index contributed by atoms with van der Waals surface area (Å²) in [6, 6.07) is 3.54. The molecule has 5 nitrogen and oxygen atoms in total. The Kier molecular flexibility index (Phi) is 2.83. The summed E-state index contributed by atoms with van der Waals surface area (Å²) < 4.78 is 1.62. The molecule has 90 valence electrons. The summed E-state index contributed by atoms with van der Waals surface area (Å²) in [7, 11) is 0. The van der Waals surface area contributed by atoms with Gasteiger partial charge in [-0.3, -0.25) is 4.79 Å². The highest BCUT2D eigenvalue weighted by molar-refractivity contribution is 5.82. The molecule has 1 aromatic carbocycles. The molecule has 0 bridgehead atoms. The lowest BCUT2D eigenvalue weighted by molar-refractivity contribution is -0.121. The van der Waals surface area contributed by atoms with E-state index in [4.69, 9.17) is 5.73 Å². The number of carbonyl (C=O) groups is 1. The highest BCUT2D eigenvalue weighted by Crippen LogP contribution is 2.21. The third-order valence-electron chi connectivity index (χ3n) is 3.10. The highest BCUT2D eigenvalue weighted by atomic mass is 16.1. The molecular formula is C12H16N4O. The van der Waals surface area contributed by atoms with E-state index in [2.05, 4.69) is 10.3 Å². The van der Waals surface area contributed by atoms with Gasteiger partial charge >= 0.3 is 0 Å². The van der Waals surface area contributed by atoms with Crippen LogP contribution in [0.5, 0.6) is 0 Å². The van der Waals surface area contributed by atoms with Gasteiger partial charge in [-0.1, -0.05) is 12.1 Å². The van der Waals surface area contributed by atoms with Crippen molar-refractivity contribution in [1.29, 1.82) is 0 Å². The van der Waals surface area contributed by atoms with E-state index < -0.39 is 6.04 Å². The topological polar surface area (TPSA) is 73.8 Å². The molecule has 5 heteroatoms. The molecule has 0 saturated carbocycles. The van der Waals surface area contributed by atoms with Crippen LogP contribution in [0.1, 0.15) is 30.5 Å². The third kappa shape index (κ3) is 1.88. The number of hydrogen-bond donors (Lipinski definition) is 1. The zero-order chi connectivity index (χ0) is 12.6. The molecule has 0 aliphatic carbocycles. The summed E-state index contributed by atoms with van der Waals surface area (Å²) in [5.41, 5.74) is 9.35. The number of primary amides is 1. The molecule has 0 spiro atoms. The molecule has 17 heavy (non-hydrogen) atoms. The van der Waals surface area contributed by atoms with E-state index in [1.54, 1.807) is 4.68 Å². The second-order valence-electron chi connectivity index (χ2n) is 4.29. The minimum Gasteiger partial charge on any atom is -0.368 e. The Bertz CT molecular complexity index is 573. The number of hydrogen-bond acceptors (Lipinski definition) is 3. The summed E-state index contributed by atoms with van der Waals surface area (Å²) in [6.45, 7) is 5.96. The maximum absolute atomic E-state index is 11.4. The van der Waals surface area contributed by atoms with Crippen LogP contribution in [0.15, 0.2) is 12.1 Å². The Morgan fingerprint density at radius 2 is 2.06 bits per heavy atom. The van der Waals surface area contributed by atoms with Gasteiger partial charge in [0.2, 0.25) is 5.91 Å². The van der Waals surface area contributed by atoms with Crippen molar-refractivity contribution in [3.63, 3.8) is 0 Å². The first-order valence-electron chi connectivity index (χ1n) is 5.66. The quantitative estimate of drug-likeness (QED) is 0.871. The van der Waals surface area contributed by atoms with E-state index in [0.717, 1.165) is 22.2 Å². The van der Waals surface area contributed by atoms with Crippen molar-refractivity contribution in [2.45, 2.75) is 33.2 Å². The van der Waals surface area contributed by atoms with Crippen molar-refractivity contribution in [2.75, 3.05) is 0 Å². The zero-order valence-electron chi connectivity index (χ0n) is 10.3. The number of aryl methyl sites for hydroxylation is 2. The van der Waals surface area contributed by atoms with Crippen LogP contribution in [-0.2, 0) is 4.79 Å². The van der Waals surface area contributed by atoms with E-state index in [1.165, 1.54) is 0 Å². The minimum absolute atomic E-state index is 0.377. The SMILES string of the molecule is CCC(C(N)=O)n1nnc2cc(C)c(C)cc21. The molecule has 2 rings (SSSR count). The summed E-state index contributed by atoms with van der Waals surface area (Å²) in [4.78, 5) is 11.4. The Hall–Kier alpha value is -1.91. The molecule has 0 fully saturated rings. The Labute approximate surface area is 99.6 Å².